The molecule has 1 fully saturated rings. The lowest BCUT2D eigenvalue weighted by molar-refractivity contribution is 0.772. The first-order chi connectivity index (χ1) is 9.76. The van der Waals surface area contributed by atoms with Gasteiger partial charge in [-0.1, -0.05) is 6.07 Å². The zero-order chi connectivity index (χ0) is 13.7. The number of thiazole rings is 1. The van der Waals surface area contributed by atoms with Crippen LogP contribution in [0.15, 0.2) is 23.6 Å². The van der Waals surface area contributed by atoms with Crippen molar-refractivity contribution in [2.24, 2.45) is 5.73 Å². The number of imidazole rings is 1. The van der Waals surface area contributed by atoms with Gasteiger partial charge in [-0.2, -0.15) is 0 Å². The fourth-order valence-corrected chi connectivity index (χ4v) is 3.25. The van der Waals surface area contributed by atoms with E-state index in [1.807, 2.05) is 0 Å². The summed E-state index contributed by atoms with van der Waals surface area (Å²) in [5.74, 6) is 0.990. The van der Waals surface area contributed by atoms with Gasteiger partial charge in [-0.3, -0.25) is 0 Å². The minimum absolute atomic E-state index is 0.493. The number of fused-ring (bicyclic) bond motifs is 1. The summed E-state index contributed by atoms with van der Waals surface area (Å²) < 4.78 is 2.35. The molecule has 0 unspecified atom stereocenters. The van der Waals surface area contributed by atoms with Crippen molar-refractivity contribution < 1.29 is 0 Å². The van der Waals surface area contributed by atoms with Crippen LogP contribution in [0, 0.1) is 6.92 Å². The van der Waals surface area contributed by atoms with Gasteiger partial charge in [0, 0.05) is 18.0 Å². The van der Waals surface area contributed by atoms with Gasteiger partial charge in [0.05, 0.1) is 11.0 Å². The fraction of sp³-hybridized carbons (Fsp3) is 0.333. The predicted molar refractivity (Wildman–Crippen MR) is 81.7 cm³/mol. The topological polar surface area (TPSA) is 56.7 Å². The number of hydrogen-bond acceptors (Lipinski definition) is 4. The van der Waals surface area contributed by atoms with Crippen LogP contribution in [0.3, 0.4) is 0 Å². The lowest BCUT2D eigenvalue weighted by atomic mass is 10.2. The standard InChI is InChI=1S/C15H16N4S/c1-9-2-5-13-11(6-9)18-15(19(13)10-3-4-10)12-8-20-14(7-16)17-12/h2,5-6,8,10H,3-4,7,16H2,1H3. The molecule has 1 saturated carbocycles. The summed E-state index contributed by atoms with van der Waals surface area (Å²) in [6, 6.07) is 7.06. The van der Waals surface area contributed by atoms with Gasteiger partial charge in [0.1, 0.15) is 10.7 Å². The molecule has 5 heteroatoms. The molecule has 0 aliphatic heterocycles. The SMILES string of the molecule is Cc1ccc2c(c1)nc(-c1csc(CN)n1)n2C1CC1. The largest absolute Gasteiger partial charge is 0.325 e. The number of benzene rings is 1. The lowest BCUT2D eigenvalue weighted by Crippen LogP contribution is -1.99. The van der Waals surface area contributed by atoms with Crippen molar-refractivity contribution in [2.45, 2.75) is 32.4 Å². The van der Waals surface area contributed by atoms with Gasteiger partial charge in [-0.25, -0.2) is 9.97 Å². The lowest BCUT2D eigenvalue weighted by Gasteiger charge is -2.05. The quantitative estimate of drug-likeness (QED) is 0.803. The number of hydrogen-bond donors (Lipinski definition) is 1. The zero-order valence-corrected chi connectivity index (χ0v) is 12.2. The Morgan fingerprint density at radius 1 is 1.35 bits per heavy atom. The minimum Gasteiger partial charge on any atom is -0.325 e. The molecule has 1 aromatic carbocycles. The van der Waals surface area contributed by atoms with Gasteiger partial charge in [-0.15, -0.1) is 11.3 Å². The molecule has 2 aromatic heterocycles. The molecule has 0 bridgehead atoms. The first-order valence-electron chi connectivity index (χ1n) is 6.89. The van der Waals surface area contributed by atoms with Crippen LogP contribution < -0.4 is 5.73 Å². The number of rotatable bonds is 3. The molecular weight excluding hydrogens is 268 g/mol. The second kappa shape index (κ2) is 4.40. The molecule has 102 valence electrons. The van der Waals surface area contributed by atoms with Crippen molar-refractivity contribution in [2.75, 3.05) is 0 Å². The van der Waals surface area contributed by atoms with E-state index in [0.29, 0.717) is 12.6 Å². The maximum Gasteiger partial charge on any atom is 0.160 e. The second-order valence-corrected chi connectivity index (χ2v) is 6.30. The normalized spacial score (nSPS) is 15.1. The molecule has 4 nitrogen and oxygen atoms in total. The van der Waals surface area contributed by atoms with Crippen LogP contribution in [0.5, 0.6) is 0 Å². The smallest absolute Gasteiger partial charge is 0.160 e. The van der Waals surface area contributed by atoms with Crippen LogP contribution >= 0.6 is 11.3 Å². The molecule has 2 N–H and O–H groups in total. The first-order valence-corrected chi connectivity index (χ1v) is 7.77. The summed E-state index contributed by atoms with van der Waals surface area (Å²) >= 11 is 1.61. The molecule has 1 aliphatic carbocycles. The summed E-state index contributed by atoms with van der Waals surface area (Å²) in [4.78, 5) is 9.42. The Bertz CT molecular complexity index is 782. The maximum absolute atomic E-state index is 5.67. The Morgan fingerprint density at radius 2 is 2.20 bits per heavy atom. The highest BCUT2D eigenvalue weighted by molar-refractivity contribution is 7.09. The predicted octanol–water partition coefficient (Wildman–Crippen LogP) is 3.26. The first kappa shape index (κ1) is 12.1. The summed E-state index contributed by atoms with van der Waals surface area (Å²) in [6.07, 6.45) is 2.47. The van der Waals surface area contributed by atoms with E-state index in [1.165, 1.54) is 23.9 Å². The number of nitrogens with zero attached hydrogens (tertiary/aromatic N) is 3. The van der Waals surface area contributed by atoms with Crippen LogP contribution in [-0.2, 0) is 6.54 Å². The van der Waals surface area contributed by atoms with E-state index in [9.17, 15) is 0 Å². The average molecular weight is 284 g/mol. The van der Waals surface area contributed by atoms with Crippen molar-refractivity contribution in [3.8, 4) is 11.5 Å². The van der Waals surface area contributed by atoms with E-state index in [2.05, 4.69) is 40.1 Å². The van der Waals surface area contributed by atoms with Crippen molar-refractivity contribution in [3.63, 3.8) is 0 Å². The van der Waals surface area contributed by atoms with Gasteiger partial charge < -0.3 is 10.3 Å². The Hall–Kier alpha value is -1.72. The van der Waals surface area contributed by atoms with Crippen molar-refractivity contribution in [1.82, 2.24) is 14.5 Å². The average Bonchev–Trinajstić information content (AvgIpc) is 3.04. The van der Waals surface area contributed by atoms with Crippen molar-refractivity contribution in [3.05, 3.63) is 34.2 Å². The highest BCUT2D eigenvalue weighted by atomic mass is 32.1. The highest BCUT2D eigenvalue weighted by Crippen LogP contribution is 2.41. The zero-order valence-electron chi connectivity index (χ0n) is 11.3. The van der Waals surface area contributed by atoms with Crippen LogP contribution in [0.1, 0.15) is 29.5 Å². The maximum atomic E-state index is 5.67. The molecule has 1 aliphatic rings. The summed E-state index contributed by atoms with van der Waals surface area (Å²) in [5, 5.41) is 3.03. The third kappa shape index (κ3) is 1.85. The molecule has 3 aromatic rings. The molecule has 0 radical (unpaired) electrons. The summed E-state index contributed by atoms with van der Waals surface area (Å²) in [5.41, 5.74) is 10.1. The van der Waals surface area contributed by atoms with Crippen LogP contribution in [0.4, 0.5) is 0 Å². The number of nitrogens with two attached hydrogens (primary N) is 1. The van der Waals surface area contributed by atoms with E-state index in [4.69, 9.17) is 10.7 Å². The summed E-state index contributed by atoms with van der Waals surface area (Å²) in [7, 11) is 0. The van der Waals surface area contributed by atoms with Gasteiger partial charge in [-0.05, 0) is 37.5 Å². The molecule has 0 amide bonds. The minimum atomic E-state index is 0.493. The second-order valence-electron chi connectivity index (χ2n) is 5.36. The fourth-order valence-electron chi connectivity index (χ4n) is 2.60. The van der Waals surface area contributed by atoms with E-state index >= 15 is 0 Å². The van der Waals surface area contributed by atoms with Gasteiger partial charge in [0.25, 0.3) is 0 Å². The van der Waals surface area contributed by atoms with Crippen molar-refractivity contribution >= 4 is 22.4 Å². The Kier molecular flexibility index (Phi) is 2.65. The molecule has 20 heavy (non-hydrogen) atoms. The summed E-state index contributed by atoms with van der Waals surface area (Å²) in [6.45, 7) is 2.60. The van der Waals surface area contributed by atoms with Crippen molar-refractivity contribution in [1.29, 1.82) is 0 Å². The molecule has 0 spiro atoms. The van der Waals surface area contributed by atoms with E-state index in [0.717, 1.165) is 22.0 Å². The van der Waals surface area contributed by atoms with E-state index in [1.54, 1.807) is 11.3 Å². The third-order valence-corrected chi connectivity index (χ3v) is 4.58. The molecule has 4 rings (SSSR count). The Labute approximate surface area is 121 Å². The third-order valence-electron chi connectivity index (χ3n) is 3.71. The van der Waals surface area contributed by atoms with Gasteiger partial charge in [0.2, 0.25) is 0 Å². The molecular formula is C15H16N4S. The highest BCUT2D eigenvalue weighted by Gasteiger charge is 2.29. The van der Waals surface area contributed by atoms with Crippen LogP contribution in [-0.4, -0.2) is 14.5 Å². The molecule has 2 heterocycles. The Balaban J connectivity index is 1.95. The number of aromatic nitrogens is 3. The van der Waals surface area contributed by atoms with Gasteiger partial charge in [0.15, 0.2) is 5.82 Å². The van der Waals surface area contributed by atoms with E-state index in [-0.39, 0.29) is 0 Å². The monoisotopic (exact) mass is 284 g/mol. The van der Waals surface area contributed by atoms with E-state index < -0.39 is 0 Å². The number of aryl methyl sites for hydroxylation is 1. The van der Waals surface area contributed by atoms with Crippen LogP contribution in [0.2, 0.25) is 0 Å². The van der Waals surface area contributed by atoms with Crippen LogP contribution in [0.25, 0.3) is 22.6 Å². The molecule has 0 atom stereocenters. The Morgan fingerprint density at radius 3 is 2.90 bits per heavy atom. The van der Waals surface area contributed by atoms with Gasteiger partial charge >= 0.3 is 0 Å². The molecule has 0 saturated heterocycles.